The first kappa shape index (κ1) is 11.0. The van der Waals surface area contributed by atoms with Gasteiger partial charge in [0.15, 0.2) is 0 Å². The predicted molar refractivity (Wildman–Crippen MR) is 71.7 cm³/mol. The fraction of sp³-hybridized carbons (Fsp3) is 0.133. The average Bonchev–Trinajstić information content (AvgIpc) is 2.79. The molecule has 0 amide bonds. The first-order valence-electron chi connectivity index (χ1n) is 5.93. The Morgan fingerprint density at radius 2 is 1.83 bits per heavy atom. The third kappa shape index (κ3) is 1.79. The number of aromatic nitrogens is 2. The molecule has 3 aromatic rings. The molecule has 0 fully saturated rings. The van der Waals surface area contributed by atoms with Crippen LogP contribution in [0.25, 0.3) is 16.5 Å². The molecule has 2 aromatic carbocycles. The molecule has 3 heteroatoms. The van der Waals surface area contributed by atoms with Gasteiger partial charge in [0.25, 0.3) is 0 Å². The first-order chi connectivity index (χ1) is 8.78. The molecule has 3 nitrogen and oxygen atoms in total. The van der Waals surface area contributed by atoms with E-state index in [0.29, 0.717) is 5.69 Å². The molecule has 0 aliphatic rings. The van der Waals surface area contributed by atoms with Gasteiger partial charge in [-0.05, 0) is 35.9 Å². The molecule has 1 aromatic heterocycles. The Bertz CT molecular complexity index is 701. The van der Waals surface area contributed by atoms with Gasteiger partial charge in [-0.1, -0.05) is 30.3 Å². The normalized spacial score (nSPS) is 11.0. The van der Waals surface area contributed by atoms with E-state index in [0.717, 1.165) is 11.4 Å². The van der Waals surface area contributed by atoms with Crippen LogP contribution in [0.5, 0.6) is 0 Å². The van der Waals surface area contributed by atoms with E-state index in [1.807, 2.05) is 35.9 Å². The third-order valence-corrected chi connectivity index (χ3v) is 3.08. The molecule has 0 atom stereocenters. The maximum atomic E-state index is 9.12. The molecule has 0 saturated carbocycles. The van der Waals surface area contributed by atoms with Gasteiger partial charge in [-0.2, -0.15) is 5.10 Å². The van der Waals surface area contributed by atoms with Crippen LogP contribution in [0, 0.1) is 6.92 Å². The van der Waals surface area contributed by atoms with E-state index in [-0.39, 0.29) is 6.61 Å². The van der Waals surface area contributed by atoms with Crippen LogP contribution in [0.15, 0.2) is 48.5 Å². The van der Waals surface area contributed by atoms with Crippen LogP contribution in [0.4, 0.5) is 0 Å². The molecule has 18 heavy (non-hydrogen) atoms. The van der Waals surface area contributed by atoms with E-state index in [4.69, 9.17) is 5.11 Å². The lowest BCUT2D eigenvalue weighted by Crippen LogP contribution is -1.99. The molecular formula is C15H14N2O. The van der Waals surface area contributed by atoms with Crippen molar-refractivity contribution >= 4 is 10.8 Å². The summed E-state index contributed by atoms with van der Waals surface area (Å²) in [4.78, 5) is 0. The lowest BCUT2D eigenvalue weighted by molar-refractivity contribution is 0.276. The summed E-state index contributed by atoms with van der Waals surface area (Å²) >= 11 is 0. The van der Waals surface area contributed by atoms with Crippen LogP contribution in [0.2, 0.25) is 0 Å². The smallest absolute Gasteiger partial charge is 0.0886 e. The van der Waals surface area contributed by atoms with Crippen molar-refractivity contribution in [3.8, 4) is 5.69 Å². The van der Waals surface area contributed by atoms with Crippen molar-refractivity contribution in [1.82, 2.24) is 9.78 Å². The summed E-state index contributed by atoms with van der Waals surface area (Å²) in [5, 5.41) is 15.9. The van der Waals surface area contributed by atoms with Crippen LogP contribution in [0.3, 0.4) is 0 Å². The monoisotopic (exact) mass is 238 g/mol. The molecule has 90 valence electrons. The molecule has 3 rings (SSSR count). The van der Waals surface area contributed by atoms with Crippen LogP contribution < -0.4 is 0 Å². The lowest BCUT2D eigenvalue weighted by atomic mass is 10.1. The first-order valence-corrected chi connectivity index (χ1v) is 5.93. The number of fused-ring (bicyclic) bond motifs is 1. The Kier molecular flexibility index (Phi) is 2.61. The van der Waals surface area contributed by atoms with Crippen molar-refractivity contribution in [1.29, 1.82) is 0 Å². The van der Waals surface area contributed by atoms with Gasteiger partial charge in [0, 0.05) is 5.69 Å². The Labute approximate surface area is 105 Å². The minimum Gasteiger partial charge on any atom is -0.390 e. The van der Waals surface area contributed by atoms with E-state index in [9.17, 15) is 0 Å². The van der Waals surface area contributed by atoms with E-state index in [1.165, 1.54) is 10.8 Å². The highest BCUT2D eigenvalue weighted by molar-refractivity contribution is 5.84. The largest absolute Gasteiger partial charge is 0.390 e. The summed E-state index contributed by atoms with van der Waals surface area (Å²) in [6.45, 7) is 1.96. The summed E-state index contributed by atoms with van der Waals surface area (Å²) in [6, 6.07) is 16.4. The van der Waals surface area contributed by atoms with Crippen molar-refractivity contribution in [3.63, 3.8) is 0 Å². The highest BCUT2D eigenvalue weighted by Crippen LogP contribution is 2.19. The topological polar surface area (TPSA) is 38.1 Å². The summed E-state index contributed by atoms with van der Waals surface area (Å²) in [7, 11) is 0. The molecule has 1 N–H and O–H groups in total. The molecule has 0 bridgehead atoms. The van der Waals surface area contributed by atoms with Gasteiger partial charge in [-0.15, -0.1) is 0 Å². The Morgan fingerprint density at radius 3 is 2.56 bits per heavy atom. The number of nitrogens with zero attached hydrogens (tertiary/aromatic N) is 2. The summed E-state index contributed by atoms with van der Waals surface area (Å²) < 4.78 is 1.86. The summed E-state index contributed by atoms with van der Waals surface area (Å²) in [5.74, 6) is 0. The molecule has 0 radical (unpaired) electrons. The van der Waals surface area contributed by atoms with E-state index >= 15 is 0 Å². The van der Waals surface area contributed by atoms with Gasteiger partial charge in [0.2, 0.25) is 0 Å². The molecule has 0 unspecified atom stereocenters. The maximum absolute atomic E-state index is 9.12. The number of hydrogen-bond donors (Lipinski definition) is 1. The van der Waals surface area contributed by atoms with Crippen molar-refractivity contribution in [2.45, 2.75) is 13.5 Å². The number of aliphatic hydroxyl groups is 1. The molecule has 0 aliphatic carbocycles. The van der Waals surface area contributed by atoms with E-state index in [1.54, 1.807) is 0 Å². The van der Waals surface area contributed by atoms with Gasteiger partial charge in [0.05, 0.1) is 18.0 Å². The minimum atomic E-state index is -0.0264. The van der Waals surface area contributed by atoms with Gasteiger partial charge in [-0.25, -0.2) is 4.68 Å². The van der Waals surface area contributed by atoms with Crippen LogP contribution in [-0.4, -0.2) is 14.9 Å². The molecular weight excluding hydrogens is 224 g/mol. The molecule has 0 saturated heterocycles. The average molecular weight is 238 g/mol. The van der Waals surface area contributed by atoms with Crippen molar-refractivity contribution in [3.05, 3.63) is 59.9 Å². The second-order valence-electron chi connectivity index (χ2n) is 4.38. The predicted octanol–water partition coefficient (Wildman–Crippen LogP) is 2.83. The third-order valence-electron chi connectivity index (χ3n) is 3.08. The fourth-order valence-corrected chi connectivity index (χ4v) is 2.19. The second-order valence-corrected chi connectivity index (χ2v) is 4.38. The number of rotatable bonds is 2. The zero-order valence-electron chi connectivity index (χ0n) is 10.2. The molecule has 0 spiro atoms. The Hall–Kier alpha value is -2.13. The van der Waals surface area contributed by atoms with Gasteiger partial charge in [0.1, 0.15) is 0 Å². The minimum absolute atomic E-state index is 0.0264. The standard InChI is InChI=1S/C15H14N2O/c1-11-8-14(10-18)16-17(11)15-7-6-12-4-2-3-5-13(12)9-15/h2-9,18H,10H2,1H3. The number of aliphatic hydroxyl groups excluding tert-OH is 1. The summed E-state index contributed by atoms with van der Waals surface area (Å²) in [6.07, 6.45) is 0. The maximum Gasteiger partial charge on any atom is 0.0886 e. The Morgan fingerprint density at radius 1 is 1.06 bits per heavy atom. The quantitative estimate of drug-likeness (QED) is 0.745. The number of aryl methyl sites for hydroxylation is 1. The summed E-state index contributed by atoms with van der Waals surface area (Å²) in [5.41, 5.74) is 2.74. The van der Waals surface area contributed by atoms with Gasteiger partial charge < -0.3 is 5.11 Å². The molecule has 0 aliphatic heterocycles. The van der Waals surface area contributed by atoms with Crippen LogP contribution in [0.1, 0.15) is 11.4 Å². The van der Waals surface area contributed by atoms with E-state index < -0.39 is 0 Å². The van der Waals surface area contributed by atoms with Gasteiger partial charge in [-0.3, -0.25) is 0 Å². The fourth-order valence-electron chi connectivity index (χ4n) is 2.19. The highest BCUT2D eigenvalue weighted by atomic mass is 16.3. The van der Waals surface area contributed by atoms with Crippen LogP contribution >= 0.6 is 0 Å². The zero-order chi connectivity index (χ0) is 12.5. The van der Waals surface area contributed by atoms with Crippen LogP contribution in [-0.2, 0) is 6.61 Å². The highest BCUT2D eigenvalue weighted by Gasteiger charge is 2.05. The van der Waals surface area contributed by atoms with Crippen molar-refractivity contribution in [2.75, 3.05) is 0 Å². The zero-order valence-corrected chi connectivity index (χ0v) is 10.2. The van der Waals surface area contributed by atoms with Crippen molar-refractivity contribution < 1.29 is 5.11 Å². The second kappa shape index (κ2) is 4.27. The van der Waals surface area contributed by atoms with Gasteiger partial charge >= 0.3 is 0 Å². The number of hydrogen-bond acceptors (Lipinski definition) is 2. The Balaban J connectivity index is 2.15. The van der Waals surface area contributed by atoms with Crippen molar-refractivity contribution in [2.24, 2.45) is 0 Å². The SMILES string of the molecule is Cc1cc(CO)nn1-c1ccc2ccccc2c1. The molecule has 1 heterocycles. The lowest BCUT2D eigenvalue weighted by Gasteiger charge is -2.06. The van der Waals surface area contributed by atoms with E-state index in [2.05, 4.69) is 29.4 Å². The number of benzene rings is 2.